The molecule has 0 bridgehead atoms. The van der Waals surface area contributed by atoms with E-state index in [9.17, 15) is 10.1 Å². The van der Waals surface area contributed by atoms with Crippen LogP contribution in [0.2, 0.25) is 0 Å². The molecule has 4 rings (SSSR count). The monoisotopic (exact) mass is 424 g/mol. The SMILES string of the molecule is CCOCC(C)(C)CN1CC2(CCCC(Cn3cnc4ccc(C#N)cc43)C2)OC1=O. The Kier molecular flexibility index (Phi) is 5.94. The van der Waals surface area contributed by atoms with Crippen LogP contribution in [0.1, 0.15) is 52.0 Å². The molecule has 2 heterocycles. The van der Waals surface area contributed by atoms with Gasteiger partial charge in [-0.3, -0.25) is 0 Å². The van der Waals surface area contributed by atoms with Crippen LogP contribution >= 0.6 is 0 Å². The average Bonchev–Trinajstić information content (AvgIpc) is 3.26. The van der Waals surface area contributed by atoms with E-state index in [2.05, 4.69) is 29.5 Å². The van der Waals surface area contributed by atoms with Crippen LogP contribution in [0.25, 0.3) is 11.0 Å². The minimum atomic E-state index is -0.393. The van der Waals surface area contributed by atoms with Gasteiger partial charge in [0.2, 0.25) is 0 Å². The number of nitriles is 1. The van der Waals surface area contributed by atoms with E-state index < -0.39 is 5.60 Å². The van der Waals surface area contributed by atoms with E-state index >= 15 is 0 Å². The summed E-state index contributed by atoms with van der Waals surface area (Å²) in [6.45, 7) is 9.67. The Morgan fingerprint density at radius 3 is 3.03 bits per heavy atom. The molecule has 1 saturated carbocycles. The van der Waals surface area contributed by atoms with Crippen molar-refractivity contribution >= 4 is 17.1 Å². The van der Waals surface area contributed by atoms with Gasteiger partial charge in [-0.2, -0.15) is 5.26 Å². The van der Waals surface area contributed by atoms with Crippen molar-refractivity contribution in [1.82, 2.24) is 14.5 Å². The molecule has 7 heteroatoms. The summed E-state index contributed by atoms with van der Waals surface area (Å²) in [6, 6.07) is 7.81. The summed E-state index contributed by atoms with van der Waals surface area (Å²) in [7, 11) is 0. The van der Waals surface area contributed by atoms with Crippen molar-refractivity contribution in [2.24, 2.45) is 11.3 Å². The van der Waals surface area contributed by atoms with Gasteiger partial charge < -0.3 is 18.9 Å². The summed E-state index contributed by atoms with van der Waals surface area (Å²) >= 11 is 0. The molecule has 2 fully saturated rings. The Balaban J connectivity index is 1.44. The van der Waals surface area contributed by atoms with Crippen molar-refractivity contribution in [3.8, 4) is 6.07 Å². The molecule has 0 radical (unpaired) electrons. The second-order valence-corrected chi connectivity index (χ2v) is 9.88. The van der Waals surface area contributed by atoms with Crippen LogP contribution in [0.5, 0.6) is 0 Å². The zero-order chi connectivity index (χ0) is 22.1. The van der Waals surface area contributed by atoms with Gasteiger partial charge in [0.1, 0.15) is 5.60 Å². The number of nitrogens with zero attached hydrogens (tertiary/aromatic N) is 4. The number of aromatic nitrogens is 2. The molecule has 1 aliphatic carbocycles. The van der Waals surface area contributed by atoms with E-state index in [1.54, 1.807) is 6.07 Å². The highest BCUT2D eigenvalue weighted by Gasteiger charge is 2.48. The number of ether oxygens (including phenoxy) is 2. The van der Waals surface area contributed by atoms with E-state index in [4.69, 9.17) is 9.47 Å². The van der Waals surface area contributed by atoms with Crippen molar-refractivity contribution in [2.45, 2.75) is 58.6 Å². The summed E-state index contributed by atoms with van der Waals surface area (Å²) < 4.78 is 13.7. The van der Waals surface area contributed by atoms with E-state index in [-0.39, 0.29) is 11.5 Å². The van der Waals surface area contributed by atoms with Gasteiger partial charge in [-0.25, -0.2) is 9.78 Å². The molecule has 2 aliphatic rings. The lowest BCUT2D eigenvalue weighted by Crippen LogP contribution is -2.42. The van der Waals surface area contributed by atoms with Gasteiger partial charge in [0.15, 0.2) is 0 Å². The molecule has 1 saturated heterocycles. The van der Waals surface area contributed by atoms with Crippen LogP contribution in [0.3, 0.4) is 0 Å². The predicted octanol–water partition coefficient (Wildman–Crippen LogP) is 4.35. The zero-order valence-corrected chi connectivity index (χ0v) is 18.8. The van der Waals surface area contributed by atoms with Gasteiger partial charge in [-0.1, -0.05) is 13.8 Å². The molecule has 2 atom stereocenters. The van der Waals surface area contributed by atoms with Crippen molar-refractivity contribution in [2.75, 3.05) is 26.3 Å². The summed E-state index contributed by atoms with van der Waals surface area (Å²) in [4.78, 5) is 19.0. The highest BCUT2D eigenvalue weighted by atomic mass is 16.6. The fraction of sp³-hybridized carbons (Fsp3) is 0.625. The van der Waals surface area contributed by atoms with Crippen LogP contribution in [0.4, 0.5) is 4.79 Å². The van der Waals surface area contributed by atoms with Crippen LogP contribution in [-0.4, -0.2) is 52.4 Å². The molecule has 1 spiro atoms. The summed E-state index contributed by atoms with van der Waals surface area (Å²) in [5.74, 6) is 0.404. The molecule has 166 valence electrons. The van der Waals surface area contributed by atoms with Crippen LogP contribution in [-0.2, 0) is 16.0 Å². The lowest BCUT2D eigenvalue weighted by molar-refractivity contribution is 0.00399. The number of imidazole rings is 1. The molecule has 0 N–H and O–H groups in total. The van der Waals surface area contributed by atoms with Gasteiger partial charge in [0, 0.05) is 25.1 Å². The smallest absolute Gasteiger partial charge is 0.410 e. The maximum absolute atomic E-state index is 12.7. The molecule has 1 aromatic heterocycles. The molecule has 1 amide bonds. The Labute approximate surface area is 183 Å². The standard InChI is InChI=1S/C24H32N4O3/c1-4-30-16-23(2,3)14-28-15-24(31-22(28)29)9-5-6-19(11-24)13-27-17-26-20-8-7-18(12-25)10-21(20)27/h7-8,10,17,19H,4-6,9,11,13-16H2,1-3H3. The zero-order valence-electron chi connectivity index (χ0n) is 18.8. The highest BCUT2D eigenvalue weighted by molar-refractivity contribution is 5.77. The number of benzene rings is 1. The van der Waals surface area contributed by atoms with E-state index in [1.165, 1.54) is 0 Å². The van der Waals surface area contributed by atoms with Crippen LogP contribution in [0, 0.1) is 22.7 Å². The van der Waals surface area contributed by atoms with Crippen molar-refractivity contribution < 1.29 is 14.3 Å². The first-order valence-corrected chi connectivity index (χ1v) is 11.2. The van der Waals surface area contributed by atoms with E-state index in [1.807, 2.05) is 30.3 Å². The van der Waals surface area contributed by atoms with Gasteiger partial charge >= 0.3 is 6.09 Å². The molecular weight excluding hydrogens is 392 g/mol. The maximum Gasteiger partial charge on any atom is 0.410 e. The number of rotatable bonds is 7. The Morgan fingerprint density at radius 1 is 1.42 bits per heavy atom. The van der Waals surface area contributed by atoms with Gasteiger partial charge in [0.05, 0.1) is 42.1 Å². The van der Waals surface area contributed by atoms with Gasteiger partial charge in [-0.05, 0) is 56.7 Å². The molecule has 2 unspecified atom stereocenters. The normalized spacial score (nSPS) is 24.0. The number of hydrogen-bond acceptors (Lipinski definition) is 5. The van der Waals surface area contributed by atoms with Crippen molar-refractivity contribution in [3.05, 3.63) is 30.1 Å². The molecule has 1 aromatic carbocycles. The van der Waals surface area contributed by atoms with E-state index in [0.717, 1.165) is 43.3 Å². The third kappa shape index (κ3) is 4.69. The topological polar surface area (TPSA) is 80.4 Å². The number of fused-ring (bicyclic) bond motifs is 1. The van der Waals surface area contributed by atoms with Crippen molar-refractivity contribution in [1.29, 1.82) is 5.26 Å². The lowest BCUT2D eigenvalue weighted by Gasteiger charge is -2.36. The summed E-state index contributed by atoms with van der Waals surface area (Å²) in [6.07, 6.45) is 5.59. The first-order valence-electron chi connectivity index (χ1n) is 11.2. The maximum atomic E-state index is 12.7. The number of amides is 1. The fourth-order valence-corrected chi connectivity index (χ4v) is 5.14. The fourth-order valence-electron chi connectivity index (χ4n) is 5.14. The third-order valence-electron chi connectivity index (χ3n) is 6.47. The summed E-state index contributed by atoms with van der Waals surface area (Å²) in [5, 5.41) is 9.22. The quantitative estimate of drug-likeness (QED) is 0.660. The first kappa shape index (κ1) is 21.6. The summed E-state index contributed by atoms with van der Waals surface area (Å²) in [5.41, 5.74) is 2.03. The third-order valence-corrected chi connectivity index (χ3v) is 6.47. The number of hydrogen-bond donors (Lipinski definition) is 0. The number of carbonyl (C=O) groups excluding carboxylic acids is 1. The van der Waals surface area contributed by atoms with E-state index in [0.29, 0.717) is 37.8 Å². The minimum absolute atomic E-state index is 0.108. The second kappa shape index (κ2) is 8.51. The predicted molar refractivity (Wildman–Crippen MR) is 117 cm³/mol. The molecule has 7 nitrogen and oxygen atoms in total. The number of carbonyl (C=O) groups is 1. The van der Waals surface area contributed by atoms with Gasteiger partial charge in [0.25, 0.3) is 0 Å². The van der Waals surface area contributed by atoms with Crippen molar-refractivity contribution in [3.63, 3.8) is 0 Å². The van der Waals surface area contributed by atoms with Crippen LogP contribution in [0.15, 0.2) is 24.5 Å². The van der Waals surface area contributed by atoms with Gasteiger partial charge in [-0.15, -0.1) is 0 Å². The Morgan fingerprint density at radius 2 is 2.26 bits per heavy atom. The second-order valence-electron chi connectivity index (χ2n) is 9.88. The Hall–Kier alpha value is -2.59. The Bertz CT molecular complexity index is 992. The molecule has 1 aliphatic heterocycles. The lowest BCUT2D eigenvalue weighted by atomic mass is 9.77. The largest absolute Gasteiger partial charge is 0.441 e. The molecule has 31 heavy (non-hydrogen) atoms. The minimum Gasteiger partial charge on any atom is -0.441 e. The first-order chi connectivity index (χ1) is 14.8. The molecule has 2 aromatic rings. The van der Waals surface area contributed by atoms with Crippen LogP contribution < -0.4 is 0 Å². The molecular formula is C24H32N4O3. The highest BCUT2D eigenvalue weighted by Crippen LogP contribution is 2.41. The average molecular weight is 425 g/mol.